The Hall–Kier alpha value is -4.87. The largest absolute Gasteiger partial charge is 0.489 e. The van der Waals surface area contributed by atoms with Crippen molar-refractivity contribution in [3.05, 3.63) is 47.2 Å². The summed E-state index contributed by atoms with van der Waals surface area (Å²) in [6, 6.07) is 5.54. The third kappa shape index (κ3) is 8.83. The summed E-state index contributed by atoms with van der Waals surface area (Å²) in [5, 5.41) is 17.7. The molecule has 0 saturated carbocycles. The zero-order valence-electron chi connectivity index (χ0n) is 27.3. The number of nitrogens with two attached hydrogens (primary N) is 3. The van der Waals surface area contributed by atoms with E-state index in [9.17, 15) is 27.9 Å². The number of ether oxygens (including phenoxy) is 1. The normalized spacial score (nSPS) is 17.0. The summed E-state index contributed by atoms with van der Waals surface area (Å²) in [6.07, 6.45) is 1.02. The van der Waals surface area contributed by atoms with Crippen LogP contribution in [0.4, 0.5) is 5.13 Å². The Morgan fingerprint density at radius 2 is 1.90 bits per heavy atom. The summed E-state index contributed by atoms with van der Waals surface area (Å²) in [7, 11) is -3.14. The molecule has 1 unspecified atom stereocenters. The van der Waals surface area contributed by atoms with Crippen molar-refractivity contribution in [2.45, 2.75) is 44.5 Å². The molecule has 9 N–H and O–H groups in total. The fourth-order valence-corrected chi connectivity index (χ4v) is 5.83. The first-order valence-electron chi connectivity index (χ1n) is 15.0. The number of hydrogen-bond acceptors (Lipinski definition) is 15. The van der Waals surface area contributed by atoms with E-state index in [-0.39, 0.29) is 10.8 Å². The van der Waals surface area contributed by atoms with Crippen molar-refractivity contribution in [3.63, 3.8) is 0 Å². The van der Waals surface area contributed by atoms with Crippen LogP contribution in [0, 0.1) is 0 Å². The van der Waals surface area contributed by atoms with Gasteiger partial charge in [-0.3, -0.25) is 19.1 Å². The maximum atomic E-state index is 13.3. The van der Waals surface area contributed by atoms with Crippen molar-refractivity contribution in [1.29, 1.82) is 0 Å². The Labute approximate surface area is 290 Å². The number of carbonyl (C=O) groups is 3. The van der Waals surface area contributed by atoms with Gasteiger partial charge < -0.3 is 46.3 Å². The Bertz CT molecular complexity index is 1920. The van der Waals surface area contributed by atoms with E-state index in [0.717, 1.165) is 34.6 Å². The van der Waals surface area contributed by atoms with Crippen molar-refractivity contribution in [2.75, 3.05) is 32.0 Å². The van der Waals surface area contributed by atoms with Crippen LogP contribution in [0.5, 0.6) is 5.75 Å². The van der Waals surface area contributed by atoms with E-state index in [1.807, 2.05) is 22.4 Å². The lowest BCUT2D eigenvalue weighted by molar-refractivity contribution is -0.218. The Balaban J connectivity index is 1.48. The number of nitrogens with one attached hydrogen (secondary N) is 1. The predicted molar refractivity (Wildman–Crippen MR) is 179 cm³/mol. The van der Waals surface area contributed by atoms with Gasteiger partial charge in [0.05, 0.1) is 17.8 Å². The number of nitrogens with zero attached hydrogens (tertiary/aromatic N) is 6. The number of hydrogen-bond donors (Lipinski definition) is 6. The summed E-state index contributed by atoms with van der Waals surface area (Å²) < 4.78 is 45.1. The number of oxime groups is 1. The van der Waals surface area contributed by atoms with Gasteiger partial charge in [-0.2, -0.15) is 13.5 Å². The standard InChI is InChI=1S/C28H38N10O10S2/c1-28(2)22(24(40)38(28)48-50(43,44)45)34-23(39)21(18-15-49-26(31)33-18)35-47-20(25(41)42)14-46-17-7-5-16(6-8-17)19-13-37(12-4-9-29)27(36(19)3)32-11-10-30/h5-8,13,15,20,22H,4,9-12,14,29-30H2,1-3H3,(H2,31,33)(H,34,39)(H,41,42)(H,43,44,45)/b32-27-,35-21-/t20?,22-/m1/s1. The van der Waals surface area contributed by atoms with E-state index in [1.165, 1.54) is 19.2 Å². The molecular weight excluding hydrogens is 701 g/mol. The highest BCUT2D eigenvalue weighted by atomic mass is 32.3. The van der Waals surface area contributed by atoms with Gasteiger partial charge in [-0.05, 0) is 56.6 Å². The van der Waals surface area contributed by atoms with Gasteiger partial charge in [0.25, 0.3) is 17.9 Å². The second kappa shape index (κ2) is 15.8. The van der Waals surface area contributed by atoms with E-state index in [4.69, 9.17) is 31.3 Å². The minimum absolute atomic E-state index is 0.0525. The lowest BCUT2D eigenvalue weighted by Crippen LogP contribution is -2.76. The number of rotatable bonds is 17. The SMILES string of the molecule is Cn1c(-c2ccc(OCC(O/N=C(\C(=O)N[C@@H]3C(=O)N(OS(=O)(=O)O)C3(C)C)c3csc(N)n3)C(=O)O)cc2)cn(CCCN)/c1=N\CCN. The van der Waals surface area contributed by atoms with Crippen LogP contribution < -0.4 is 32.9 Å². The molecule has 0 aliphatic carbocycles. The zero-order valence-corrected chi connectivity index (χ0v) is 28.9. The molecule has 2 amide bonds. The smallest absolute Gasteiger partial charge is 0.418 e. The average Bonchev–Trinajstić information content (AvgIpc) is 3.63. The van der Waals surface area contributed by atoms with Crippen molar-refractivity contribution >= 4 is 50.4 Å². The van der Waals surface area contributed by atoms with Crippen LogP contribution in [0.2, 0.25) is 0 Å². The van der Waals surface area contributed by atoms with Gasteiger partial charge in [-0.25, -0.2) is 9.78 Å². The molecular formula is C28H38N10O10S2. The maximum absolute atomic E-state index is 13.3. The fraction of sp³-hybridized carbons (Fsp3) is 0.429. The van der Waals surface area contributed by atoms with E-state index in [1.54, 1.807) is 24.3 Å². The molecule has 272 valence electrons. The number of β-lactam (4-membered cyclic amide) rings is 1. The number of imidazole rings is 1. The van der Waals surface area contributed by atoms with Crippen molar-refractivity contribution < 1.29 is 46.3 Å². The van der Waals surface area contributed by atoms with Gasteiger partial charge in [0.2, 0.25) is 5.62 Å². The topological polar surface area (TPSA) is 294 Å². The molecule has 22 heteroatoms. The fourth-order valence-electron chi connectivity index (χ4n) is 4.83. The first-order chi connectivity index (χ1) is 23.6. The molecule has 0 radical (unpaired) electrons. The highest BCUT2D eigenvalue weighted by Gasteiger charge is 2.58. The number of hydroxylamine groups is 2. The molecule has 20 nitrogen and oxygen atoms in total. The molecule has 4 rings (SSSR count). The van der Waals surface area contributed by atoms with Gasteiger partial charge in [-0.1, -0.05) is 5.16 Å². The van der Waals surface area contributed by atoms with Gasteiger partial charge in [0.15, 0.2) is 10.8 Å². The molecule has 1 aliphatic heterocycles. The van der Waals surface area contributed by atoms with Crippen molar-refractivity contribution in [1.82, 2.24) is 24.5 Å². The number of thiazole rings is 1. The van der Waals surface area contributed by atoms with Gasteiger partial charge in [-0.15, -0.1) is 15.6 Å². The molecule has 50 heavy (non-hydrogen) atoms. The van der Waals surface area contributed by atoms with Gasteiger partial charge >= 0.3 is 16.4 Å². The first-order valence-corrected chi connectivity index (χ1v) is 17.2. The van der Waals surface area contributed by atoms with Gasteiger partial charge in [0.1, 0.15) is 24.1 Å². The Morgan fingerprint density at radius 1 is 1.20 bits per heavy atom. The number of carbonyl (C=O) groups excluding carboxylic acids is 2. The third-order valence-corrected chi connectivity index (χ3v) is 8.39. The number of benzene rings is 1. The van der Waals surface area contributed by atoms with Gasteiger partial charge in [0, 0.05) is 31.7 Å². The van der Waals surface area contributed by atoms with Crippen LogP contribution in [-0.2, 0) is 47.5 Å². The number of anilines is 1. The predicted octanol–water partition coefficient (Wildman–Crippen LogP) is -1.17. The summed E-state index contributed by atoms with van der Waals surface area (Å²) >= 11 is 0.954. The number of carboxylic acid groups (broad SMARTS) is 1. The zero-order chi connectivity index (χ0) is 36.8. The molecule has 1 aromatic carbocycles. The molecule has 2 aromatic heterocycles. The summed E-state index contributed by atoms with van der Waals surface area (Å²) in [4.78, 5) is 51.6. The number of aliphatic carboxylic acids is 1. The van der Waals surface area contributed by atoms with Crippen molar-refractivity contribution in [3.8, 4) is 17.0 Å². The average molecular weight is 739 g/mol. The highest BCUT2D eigenvalue weighted by molar-refractivity contribution is 7.80. The van der Waals surface area contributed by atoms with Crippen LogP contribution in [0.1, 0.15) is 26.0 Å². The first kappa shape index (κ1) is 37.9. The molecule has 3 heterocycles. The summed E-state index contributed by atoms with van der Waals surface area (Å²) in [5.74, 6) is -3.17. The van der Waals surface area contributed by atoms with E-state index in [0.29, 0.717) is 37.0 Å². The lowest BCUT2D eigenvalue weighted by atomic mass is 9.84. The number of aromatic nitrogens is 3. The molecule has 0 bridgehead atoms. The highest BCUT2D eigenvalue weighted by Crippen LogP contribution is 2.33. The van der Waals surface area contributed by atoms with Crippen LogP contribution in [0.25, 0.3) is 11.3 Å². The lowest BCUT2D eigenvalue weighted by Gasteiger charge is -2.50. The Kier molecular flexibility index (Phi) is 12.0. The molecule has 1 saturated heterocycles. The molecule has 2 atom stereocenters. The number of carboxylic acids is 1. The molecule has 3 aromatic rings. The number of aryl methyl sites for hydroxylation is 1. The minimum Gasteiger partial charge on any atom is -0.489 e. The molecule has 0 spiro atoms. The van der Waals surface area contributed by atoms with Crippen LogP contribution in [0.15, 0.2) is 46.0 Å². The monoisotopic (exact) mass is 738 g/mol. The summed E-state index contributed by atoms with van der Waals surface area (Å²) in [5.41, 5.74) is 17.4. The third-order valence-electron chi connectivity index (χ3n) is 7.38. The maximum Gasteiger partial charge on any atom is 0.418 e. The molecule has 1 fully saturated rings. The van der Waals surface area contributed by atoms with Crippen molar-refractivity contribution in [2.24, 2.45) is 28.7 Å². The summed E-state index contributed by atoms with van der Waals surface area (Å²) in [6.45, 7) is 4.26. The van der Waals surface area contributed by atoms with E-state index in [2.05, 4.69) is 24.7 Å². The van der Waals surface area contributed by atoms with E-state index < -0.39 is 58.2 Å². The number of nitrogen functional groups attached to an aromatic ring is 1. The minimum atomic E-state index is -5.03. The molecule has 1 aliphatic rings. The Morgan fingerprint density at radius 3 is 2.46 bits per heavy atom. The van der Waals surface area contributed by atoms with Crippen LogP contribution in [0.3, 0.4) is 0 Å². The van der Waals surface area contributed by atoms with E-state index >= 15 is 0 Å². The quantitative estimate of drug-likeness (QED) is 0.0412. The van der Waals surface area contributed by atoms with Crippen LogP contribution in [-0.4, -0.2) is 105 Å². The van der Waals surface area contributed by atoms with Crippen LogP contribution >= 0.6 is 11.3 Å². The second-order valence-electron chi connectivity index (χ2n) is 11.4. The number of amides is 2. The second-order valence-corrected chi connectivity index (χ2v) is 13.2.